The third kappa shape index (κ3) is 4.13. The topological polar surface area (TPSA) is 77.0 Å². The molecule has 2 aromatic heterocycles. The lowest BCUT2D eigenvalue weighted by Gasteiger charge is -2.38. The van der Waals surface area contributed by atoms with E-state index in [1.165, 1.54) is 0 Å². The number of aryl methyl sites for hydroxylation is 1. The largest absolute Gasteiger partial charge is 0.334 e. The van der Waals surface area contributed by atoms with Gasteiger partial charge in [-0.1, -0.05) is 6.92 Å². The molecule has 6 nitrogen and oxygen atoms in total. The number of pyridine rings is 1. The van der Waals surface area contributed by atoms with Crippen LogP contribution in [0, 0.1) is 12.8 Å². The molecule has 1 aliphatic heterocycles. The molecule has 0 radical (unpaired) electrons. The quantitative estimate of drug-likeness (QED) is 0.854. The normalized spacial score (nSPS) is 20.0. The number of nitrogens with two attached hydrogens (primary N) is 1. The molecule has 1 fully saturated rings. The summed E-state index contributed by atoms with van der Waals surface area (Å²) in [5.41, 5.74) is 8.17. The molecule has 1 amide bonds. The van der Waals surface area contributed by atoms with Gasteiger partial charge in [0.25, 0.3) is 5.91 Å². The lowest BCUT2D eigenvalue weighted by Crippen LogP contribution is -2.49. The van der Waals surface area contributed by atoms with Crippen molar-refractivity contribution in [3.05, 3.63) is 23.5 Å². The summed E-state index contributed by atoms with van der Waals surface area (Å²) in [6, 6.07) is 2.29. The Kier molecular flexibility index (Phi) is 7.86. The zero-order valence-corrected chi connectivity index (χ0v) is 17.4. The van der Waals surface area contributed by atoms with Crippen LogP contribution in [0.5, 0.6) is 0 Å². The van der Waals surface area contributed by atoms with Crippen LogP contribution in [-0.4, -0.2) is 44.7 Å². The lowest BCUT2D eigenvalue weighted by atomic mass is 9.91. The second kappa shape index (κ2) is 9.02. The van der Waals surface area contributed by atoms with E-state index < -0.39 is 0 Å². The molecule has 2 atom stereocenters. The molecule has 0 bridgehead atoms. The fourth-order valence-electron chi connectivity index (χ4n) is 3.56. The molecular weight excluding hydrogens is 373 g/mol. The molecule has 3 heterocycles. The van der Waals surface area contributed by atoms with Crippen LogP contribution in [0.25, 0.3) is 11.0 Å². The van der Waals surface area contributed by atoms with E-state index in [9.17, 15) is 4.79 Å². The van der Waals surface area contributed by atoms with E-state index in [0.29, 0.717) is 18.0 Å². The zero-order chi connectivity index (χ0) is 17.4. The molecule has 1 saturated heterocycles. The first-order valence-electron chi connectivity index (χ1n) is 8.78. The summed E-state index contributed by atoms with van der Waals surface area (Å²) in [6.07, 6.45) is 3.79. The van der Waals surface area contributed by atoms with Gasteiger partial charge in [-0.15, -0.1) is 24.8 Å². The van der Waals surface area contributed by atoms with Crippen LogP contribution in [-0.2, 0) is 0 Å². The van der Waals surface area contributed by atoms with Gasteiger partial charge in [0.15, 0.2) is 5.65 Å². The Labute approximate surface area is 167 Å². The van der Waals surface area contributed by atoms with E-state index in [1.54, 1.807) is 6.20 Å². The summed E-state index contributed by atoms with van der Waals surface area (Å²) in [7, 11) is 0. The lowest BCUT2D eigenvalue weighted by molar-refractivity contribution is 0.0572. The number of carbonyl (C=O) groups is 1. The second-order valence-electron chi connectivity index (χ2n) is 7.23. The number of likely N-dealkylation sites (tertiary alicyclic amines) is 1. The third-order valence-corrected chi connectivity index (χ3v) is 4.99. The van der Waals surface area contributed by atoms with Crippen LogP contribution in [0.3, 0.4) is 0 Å². The number of hydrogen-bond acceptors (Lipinski definition) is 4. The molecule has 3 rings (SSSR count). The molecule has 146 valence electrons. The number of aromatic nitrogens is 3. The highest BCUT2D eigenvalue weighted by Crippen LogP contribution is 2.26. The number of amides is 1. The minimum absolute atomic E-state index is 0. The minimum Gasteiger partial charge on any atom is -0.334 e. The number of fused-ring (bicyclic) bond motifs is 1. The van der Waals surface area contributed by atoms with Crippen molar-refractivity contribution < 1.29 is 4.79 Å². The van der Waals surface area contributed by atoms with Crippen molar-refractivity contribution in [1.29, 1.82) is 0 Å². The van der Waals surface area contributed by atoms with E-state index >= 15 is 0 Å². The van der Waals surface area contributed by atoms with Gasteiger partial charge < -0.3 is 10.6 Å². The van der Waals surface area contributed by atoms with Gasteiger partial charge in [-0.25, -0.2) is 9.67 Å². The number of halogens is 2. The molecule has 0 aromatic carbocycles. The highest BCUT2D eigenvalue weighted by Gasteiger charge is 2.30. The summed E-state index contributed by atoms with van der Waals surface area (Å²) in [5.74, 6) is 0.662. The Morgan fingerprint density at radius 2 is 2.08 bits per heavy atom. The number of hydrogen-bond donors (Lipinski definition) is 1. The van der Waals surface area contributed by atoms with Crippen molar-refractivity contribution >= 4 is 41.8 Å². The Hall–Kier alpha value is -1.37. The van der Waals surface area contributed by atoms with Gasteiger partial charge in [0.2, 0.25) is 0 Å². The van der Waals surface area contributed by atoms with Crippen molar-refractivity contribution in [2.45, 2.75) is 52.6 Å². The van der Waals surface area contributed by atoms with Crippen LogP contribution >= 0.6 is 24.8 Å². The van der Waals surface area contributed by atoms with Crippen molar-refractivity contribution in [2.24, 2.45) is 11.7 Å². The maximum atomic E-state index is 13.1. The van der Waals surface area contributed by atoms with E-state index in [4.69, 9.17) is 5.73 Å². The molecule has 0 aliphatic carbocycles. The van der Waals surface area contributed by atoms with Gasteiger partial charge in [-0.3, -0.25) is 4.79 Å². The summed E-state index contributed by atoms with van der Waals surface area (Å²) in [6.45, 7) is 9.55. The van der Waals surface area contributed by atoms with E-state index in [-0.39, 0.29) is 42.8 Å². The van der Waals surface area contributed by atoms with Gasteiger partial charge in [0.05, 0.1) is 17.5 Å². The summed E-state index contributed by atoms with van der Waals surface area (Å²) >= 11 is 0. The third-order valence-electron chi connectivity index (χ3n) is 4.99. The first-order valence-corrected chi connectivity index (χ1v) is 8.78. The number of rotatable bonds is 3. The smallest absolute Gasteiger partial charge is 0.256 e. The van der Waals surface area contributed by atoms with Crippen LogP contribution in [0.4, 0.5) is 0 Å². The Balaban J connectivity index is 0.00000169. The van der Waals surface area contributed by atoms with Gasteiger partial charge in [0.1, 0.15) is 0 Å². The minimum atomic E-state index is 0. The van der Waals surface area contributed by atoms with Crippen LogP contribution in [0.15, 0.2) is 12.3 Å². The highest BCUT2D eigenvalue weighted by molar-refractivity contribution is 5.98. The first kappa shape index (κ1) is 22.7. The van der Waals surface area contributed by atoms with Crippen LogP contribution < -0.4 is 5.73 Å². The van der Waals surface area contributed by atoms with Gasteiger partial charge in [-0.2, -0.15) is 5.10 Å². The number of carbonyl (C=O) groups excluding carboxylic acids is 1. The molecule has 2 N–H and O–H groups in total. The monoisotopic (exact) mass is 401 g/mol. The summed E-state index contributed by atoms with van der Waals surface area (Å²) < 4.78 is 1.89. The predicted molar refractivity (Wildman–Crippen MR) is 109 cm³/mol. The van der Waals surface area contributed by atoms with Gasteiger partial charge in [-0.05, 0) is 45.6 Å². The fourth-order valence-corrected chi connectivity index (χ4v) is 3.56. The predicted octanol–water partition coefficient (Wildman–Crippen LogP) is 3.36. The average molecular weight is 402 g/mol. The Morgan fingerprint density at radius 1 is 1.38 bits per heavy atom. The van der Waals surface area contributed by atoms with Crippen molar-refractivity contribution in [3.8, 4) is 0 Å². The summed E-state index contributed by atoms with van der Waals surface area (Å²) in [4.78, 5) is 19.7. The van der Waals surface area contributed by atoms with Gasteiger partial charge in [0, 0.05) is 30.6 Å². The van der Waals surface area contributed by atoms with Crippen molar-refractivity contribution in [2.75, 3.05) is 13.1 Å². The number of piperidine rings is 1. The van der Waals surface area contributed by atoms with E-state index in [1.807, 2.05) is 22.6 Å². The number of nitrogens with zero attached hydrogens (tertiary/aromatic N) is 4. The molecule has 2 unspecified atom stereocenters. The van der Waals surface area contributed by atoms with E-state index in [2.05, 4.69) is 30.9 Å². The van der Waals surface area contributed by atoms with Crippen LogP contribution in [0.2, 0.25) is 0 Å². The van der Waals surface area contributed by atoms with Crippen molar-refractivity contribution in [3.63, 3.8) is 0 Å². The highest BCUT2D eigenvalue weighted by atomic mass is 35.5. The zero-order valence-electron chi connectivity index (χ0n) is 15.8. The first-order chi connectivity index (χ1) is 11.4. The van der Waals surface area contributed by atoms with Crippen molar-refractivity contribution in [1.82, 2.24) is 19.7 Å². The molecule has 2 aromatic rings. The maximum absolute atomic E-state index is 13.1. The molecule has 26 heavy (non-hydrogen) atoms. The standard InChI is InChI=1S/C18H27N5O.2ClH/c1-11(2)23-17-14(10-20-23)8-16(13(4)21-17)18(24)22-6-5-12(3)7-15(22)9-19;;/h8,10-12,15H,5-7,9,19H2,1-4H3;2*1H. The molecule has 0 spiro atoms. The maximum Gasteiger partial charge on any atom is 0.256 e. The molecule has 1 aliphatic rings. The van der Waals surface area contributed by atoms with Crippen LogP contribution in [0.1, 0.15) is 55.7 Å². The average Bonchev–Trinajstić information content (AvgIpc) is 2.96. The van der Waals surface area contributed by atoms with Gasteiger partial charge >= 0.3 is 0 Å². The fraction of sp³-hybridized carbons (Fsp3) is 0.611. The Morgan fingerprint density at radius 3 is 2.69 bits per heavy atom. The summed E-state index contributed by atoms with van der Waals surface area (Å²) in [5, 5.41) is 5.31. The molecule has 8 heteroatoms. The molecular formula is C18H29Cl2N5O. The SMILES string of the molecule is Cc1nc2c(cnn2C(C)C)cc1C(=O)N1CCC(C)CC1CN.Cl.Cl. The molecule has 0 saturated carbocycles. The van der Waals surface area contributed by atoms with E-state index in [0.717, 1.165) is 36.1 Å². The Bertz CT molecular complexity index is 761. The second-order valence-corrected chi connectivity index (χ2v) is 7.23.